The second-order valence-electron chi connectivity index (χ2n) is 8.69. The van der Waals surface area contributed by atoms with Crippen LogP contribution in [-0.2, 0) is 16.0 Å². The van der Waals surface area contributed by atoms with Crippen molar-refractivity contribution in [2.24, 2.45) is 11.8 Å². The van der Waals surface area contributed by atoms with Crippen LogP contribution >= 0.6 is 0 Å². The molecule has 1 aromatic rings. The minimum atomic E-state index is -2.56. The van der Waals surface area contributed by atoms with Crippen LogP contribution in [0.2, 0.25) is 0 Å². The monoisotopic (exact) mass is 428 g/mol. The number of phenols is 1. The summed E-state index contributed by atoms with van der Waals surface area (Å²) in [6.07, 6.45) is 0.356. The van der Waals surface area contributed by atoms with Crippen LogP contribution in [0.1, 0.15) is 29.3 Å². The van der Waals surface area contributed by atoms with Gasteiger partial charge in [0.2, 0.25) is 5.78 Å². The Morgan fingerprint density at radius 3 is 2.42 bits per heavy atom. The van der Waals surface area contributed by atoms with E-state index in [1.165, 1.54) is 6.07 Å². The van der Waals surface area contributed by atoms with Gasteiger partial charge in [-0.15, -0.1) is 0 Å². The van der Waals surface area contributed by atoms with Gasteiger partial charge in [-0.05, 0) is 51.4 Å². The zero-order chi connectivity index (χ0) is 23.0. The summed E-state index contributed by atoms with van der Waals surface area (Å²) < 4.78 is 0. The number of carbonyl (C=O) groups excluding carboxylic acids is 3. The Balaban J connectivity index is 1.97. The lowest BCUT2D eigenvalue weighted by atomic mass is 9.58. The molecule has 0 amide bonds. The van der Waals surface area contributed by atoms with Crippen LogP contribution in [-0.4, -0.2) is 68.4 Å². The van der Waals surface area contributed by atoms with Gasteiger partial charge < -0.3 is 26.2 Å². The maximum atomic E-state index is 13.3. The van der Waals surface area contributed by atoms with E-state index in [9.17, 15) is 34.8 Å². The largest absolute Gasteiger partial charge is 0.510 e. The lowest BCUT2D eigenvalue weighted by molar-refractivity contribution is -0.148. The summed E-state index contributed by atoms with van der Waals surface area (Å²) in [6, 6.07) is 2.18. The summed E-state index contributed by atoms with van der Waals surface area (Å²) in [5, 5.41) is 43.7. The molecule has 164 valence electrons. The number of hydrogen-bond donors (Lipinski definition) is 5. The van der Waals surface area contributed by atoms with Crippen molar-refractivity contribution < 1.29 is 34.8 Å². The van der Waals surface area contributed by atoms with Gasteiger partial charge in [0.25, 0.3) is 0 Å². The predicted octanol–water partition coefficient (Wildman–Crippen LogP) is 0.806. The minimum absolute atomic E-state index is 0.00817. The molecular weight excluding hydrogens is 404 g/mol. The van der Waals surface area contributed by atoms with E-state index >= 15 is 0 Å². The Kier molecular flexibility index (Phi) is 4.53. The number of anilines is 1. The van der Waals surface area contributed by atoms with Crippen LogP contribution in [0, 0.1) is 11.8 Å². The molecule has 4 atom stereocenters. The highest BCUT2D eigenvalue weighted by atomic mass is 16.3. The van der Waals surface area contributed by atoms with E-state index in [2.05, 4.69) is 0 Å². The third kappa shape index (κ3) is 2.60. The number of nitrogens with zero attached hydrogens (tertiary/aromatic N) is 1. The van der Waals surface area contributed by atoms with Crippen molar-refractivity contribution in [2.75, 3.05) is 19.8 Å². The van der Waals surface area contributed by atoms with Crippen LogP contribution < -0.4 is 5.73 Å². The fraction of sp³-hybridized carbons (Fsp3) is 0.409. The first-order valence-corrected chi connectivity index (χ1v) is 9.89. The molecule has 6 N–H and O–H groups in total. The average Bonchev–Trinajstić information content (AvgIpc) is 2.67. The van der Waals surface area contributed by atoms with E-state index in [0.717, 1.165) is 6.92 Å². The van der Waals surface area contributed by atoms with E-state index in [0.29, 0.717) is 5.56 Å². The lowest BCUT2D eigenvalue weighted by Crippen LogP contribution is -2.63. The Morgan fingerprint density at radius 1 is 1.19 bits per heavy atom. The molecule has 31 heavy (non-hydrogen) atoms. The van der Waals surface area contributed by atoms with Crippen molar-refractivity contribution in [1.29, 1.82) is 0 Å². The van der Waals surface area contributed by atoms with E-state index in [1.54, 1.807) is 25.1 Å². The van der Waals surface area contributed by atoms with Crippen LogP contribution in [0.5, 0.6) is 5.75 Å². The van der Waals surface area contributed by atoms with Gasteiger partial charge in [-0.3, -0.25) is 19.3 Å². The fourth-order valence-corrected chi connectivity index (χ4v) is 5.34. The molecule has 1 aromatic carbocycles. The first-order valence-electron chi connectivity index (χ1n) is 9.89. The molecule has 9 nitrogen and oxygen atoms in total. The second kappa shape index (κ2) is 6.66. The number of fused-ring (bicyclic) bond motifs is 3. The topological polar surface area (TPSA) is 161 Å². The first-order chi connectivity index (χ1) is 14.4. The zero-order valence-corrected chi connectivity index (χ0v) is 17.3. The Morgan fingerprint density at radius 2 is 1.84 bits per heavy atom. The number of nitrogen functional groups attached to an aromatic ring is 1. The second-order valence-corrected chi connectivity index (χ2v) is 8.69. The molecule has 0 fully saturated rings. The van der Waals surface area contributed by atoms with Crippen LogP contribution in [0.4, 0.5) is 5.69 Å². The van der Waals surface area contributed by atoms with Crippen LogP contribution in [0.3, 0.4) is 0 Å². The number of rotatable bonds is 2. The molecule has 0 saturated carbocycles. The third-order valence-electron chi connectivity index (χ3n) is 6.73. The molecule has 0 aliphatic heterocycles. The predicted molar refractivity (Wildman–Crippen MR) is 110 cm³/mol. The summed E-state index contributed by atoms with van der Waals surface area (Å²) in [5.41, 5.74) is 2.84. The summed E-state index contributed by atoms with van der Waals surface area (Å²) in [7, 11) is 3.24. The smallest absolute Gasteiger partial charge is 0.209 e. The van der Waals surface area contributed by atoms with Gasteiger partial charge in [-0.2, -0.15) is 0 Å². The third-order valence-corrected chi connectivity index (χ3v) is 6.73. The molecule has 9 heteroatoms. The van der Waals surface area contributed by atoms with E-state index in [1.807, 2.05) is 0 Å². The van der Waals surface area contributed by atoms with E-state index in [-0.39, 0.29) is 29.7 Å². The molecule has 0 radical (unpaired) electrons. The number of allylic oxidation sites excluding steroid dienone is 1. The lowest BCUT2D eigenvalue weighted by Gasteiger charge is -2.50. The van der Waals surface area contributed by atoms with Gasteiger partial charge in [-0.25, -0.2) is 0 Å². The van der Waals surface area contributed by atoms with Gasteiger partial charge in [0, 0.05) is 11.5 Å². The SMILES string of the molecule is CC(=O)C1=C(O)[C@@H](N(C)C)C2CC3Cc4ccc(N)c(O)c4C(=O)C3=C(O)[C@]2(O)C1=O. The number of ketones is 3. The molecular formula is C22H24N2O7. The number of Topliss-reactive ketones (excluding diaryl/α,β-unsaturated/α-hetero) is 3. The number of nitrogens with two attached hydrogens (primary N) is 1. The number of likely N-dealkylation sites (N-methyl/N-ethyl adjacent to an activating group) is 1. The van der Waals surface area contributed by atoms with Gasteiger partial charge in [0.05, 0.1) is 17.3 Å². The molecule has 4 rings (SSSR count). The van der Waals surface area contributed by atoms with Crippen molar-refractivity contribution >= 4 is 23.0 Å². The van der Waals surface area contributed by atoms with Crippen molar-refractivity contribution in [3.63, 3.8) is 0 Å². The standard InChI is InChI=1S/C22H24N2O7/c1-8(25)13-19(28)16(24(2)3)11-7-10-6-9-4-5-12(23)17(26)14(9)18(27)15(10)21(30)22(11,31)20(13)29/h4-5,10-11,16,26,28,30-31H,6-7,23H2,1-3H3/t10?,11?,16-,22+/m0/s1. The van der Waals surface area contributed by atoms with Gasteiger partial charge in [0.1, 0.15) is 22.8 Å². The number of aliphatic hydroxyl groups is 3. The zero-order valence-electron chi connectivity index (χ0n) is 17.3. The number of aromatic hydroxyl groups is 1. The summed E-state index contributed by atoms with van der Waals surface area (Å²) in [5.74, 6) is -5.89. The minimum Gasteiger partial charge on any atom is -0.510 e. The van der Waals surface area contributed by atoms with Gasteiger partial charge in [0.15, 0.2) is 17.2 Å². The summed E-state index contributed by atoms with van der Waals surface area (Å²) in [4.78, 5) is 40.1. The first kappa shape index (κ1) is 21.1. The fourth-order valence-electron chi connectivity index (χ4n) is 5.34. The number of carbonyl (C=O) groups is 3. The molecule has 0 aromatic heterocycles. The molecule has 3 aliphatic carbocycles. The van der Waals surface area contributed by atoms with E-state index < -0.39 is 63.7 Å². The molecule has 3 aliphatic rings. The number of hydrogen-bond acceptors (Lipinski definition) is 9. The molecule has 0 saturated heterocycles. The molecule has 0 spiro atoms. The average molecular weight is 428 g/mol. The maximum Gasteiger partial charge on any atom is 0.209 e. The summed E-state index contributed by atoms with van der Waals surface area (Å²) in [6.45, 7) is 1.08. The molecule has 0 heterocycles. The van der Waals surface area contributed by atoms with Crippen molar-refractivity contribution in [3.8, 4) is 5.75 Å². The van der Waals surface area contributed by atoms with Crippen molar-refractivity contribution in [3.05, 3.63) is 45.9 Å². The highest BCUT2D eigenvalue weighted by Gasteiger charge is 2.63. The quantitative estimate of drug-likeness (QED) is 0.261. The summed E-state index contributed by atoms with van der Waals surface area (Å²) >= 11 is 0. The number of phenolic OH excluding ortho intramolecular Hbond substituents is 1. The van der Waals surface area contributed by atoms with Crippen molar-refractivity contribution in [2.45, 2.75) is 31.4 Å². The van der Waals surface area contributed by atoms with Crippen LogP contribution in [0.25, 0.3) is 0 Å². The highest BCUT2D eigenvalue weighted by molar-refractivity contribution is 6.25. The van der Waals surface area contributed by atoms with Crippen molar-refractivity contribution in [1.82, 2.24) is 4.90 Å². The highest BCUT2D eigenvalue weighted by Crippen LogP contribution is 2.52. The number of aliphatic hydroxyl groups excluding tert-OH is 2. The van der Waals surface area contributed by atoms with Gasteiger partial charge >= 0.3 is 0 Å². The Labute approximate surface area is 178 Å². The Hall–Kier alpha value is -3.17. The number of benzene rings is 1. The molecule has 2 unspecified atom stereocenters. The Bertz CT molecular complexity index is 1120. The normalized spacial score (nSPS) is 30.3. The van der Waals surface area contributed by atoms with Gasteiger partial charge in [-0.1, -0.05) is 6.07 Å². The van der Waals surface area contributed by atoms with Crippen LogP contribution in [0.15, 0.2) is 34.8 Å². The van der Waals surface area contributed by atoms with E-state index in [4.69, 9.17) is 5.73 Å². The maximum absolute atomic E-state index is 13.3. The molecule has 0 bridgehead atoms.